The molecule has 0 radical (unpaired) electrons. The highest BCUT2D eigenvalue weighted by Crippen LogP contribution is 2.36. The maximum Gasteiger partial charge on any atom is 0.469 e. The number of hydrogen-bond acceptors (Lipinski definition) is 6. The fraction of sp³-hybridized carbons (Fsp3) is 0.789. The van der Waals surface area contributed by atoms with Crippen molar-refractivity contribution in [2.75, 3.05) is 13.2 Å². The van der Waals surface area contributed by atoms with Gasteiger partial charge in [0, 0.05) is 12.8 Å². The first-order valence-electron chi connectivity index (χ1n) is 18.8. The summed E-state index contributed by atoms with van der Waals surface area (Å²) in [7, 11) is -4.75. The van der Waals surface area contributed by atoms with Crippen LogP contribution in [0.25, 0.3) is 0 Å². The van der Waals surface area contributed by atoms with Crippen molar-refractivity contribution in [2.45, 2.75) is 180 Å². The van der Waals surface area contributed by atoms with Crippen molar-refractivity contribution in [3.05, 3.63) is 36.5 Å². The van der Waals surface area contributed by atoms with Crippen molar-refractivity contribution in [3.8, 4) is 0 Å². The molecule has 0 aromatic heterocycles. The van der Waals surface area contributed by atoms with Crippen LogP contribution in [-0.4, -0.2) is 41.0 Å². The molecule has 0 aliphatic rings. The van der Waals surface area contributed by atoms with Gasteiger partial charge in [0.2, 0.25) is 0 Å². The van der Waals surface area contributed by atoms with Crippen LogP contribution in [0.1, 0.15) is 174 Å². The van der Waals surface area contributed by atoms with Gasteiger partial charge in [0.25, 0.3) is 0 Å². The summed E-state index contributed by atoms with van der Waals surface area (Å²) in [5, 5.41) is 0. The maximum absolute atomic E-state index is 12.3. The van der Waals surface area contributed by atoms with Crippen LogP contribution in [0.5, 0.6) is 0 Å². The minimum atomic E-state index is -4.75. The first-order chi connectivity index (χ1) is 22.8. The van der Waals surface area contributed by atoms with Gasteiger partial charge in [-0.3, -0.25) is 14.1 Å². The van der Waals surface area contributed by atoms with Crippen molar-refractivity contribution in [2.24, 2.45) is 0 Å². The zero-order chi connectivity index (χ0) is 34.7. The minimum absolute atomic E-state index is 0.209. The van der Waals surface area contributed by atoms with E-state index in [4.69, 9.17) is 19.3 Å². The average Bonchev–Trinajstić information content (AvgIpc) is 3.04. The molecule has 1 atom stereocenters. The van der Waals surface area contributed by atoms with E-state index >= 15 is 0 Å². The molecule has 0 unspecified atom stereocenters. The molecule has 0 bridgehead atoms. The molecule has 0 saturated heterocycles. The highest BCUT2D eigenvalue weighted by Gasteiger charge is 2.22. The Bertz CT molecular complexity index is 864. The molecule has 0 aromatic rings. The van der Waals surface area contributed by atoms with E-state index in [1.165, 1.54) is 77.0 Å². The molecular formula is C38H69O8P. The lowest BCUT2D eigenvalue weighted by Gasteiger charge is -2.18. The zero-order valence-corrected chi connectivity index (χ0v) is 30.8. The standard InChI is InChI=1S/C38H69O8P/c1-3-5-7-9-11-13-15-17-18-19-20-21-23-24-26-28-30-32-37(39)44-34-36(35-45-47(41,42)43)46-38(40)33-31-29-27-25-22-16-14-12-10-8-6-4-2/h11,13,17-18,20-21,36H,3-10,12,14-16,19,22-35H2,1-2H3,(H2,41,42,43)/b13-11-,18-17-,21-20-/t36-/m1/s1. The number of phosphoric acid groups is 1. The van der Waals surface area contributed by atoms with E-state index in [9.17, 15) is 14.2 Å². The summed E-state index contributed by atoms with van der Waals surface area (Å²) in [6, 6.07) is 0. The van der Waals surface area contributed by atoms with E-state index < -0.39 is 32.5 Å². The van der Waals surface area contributed by atoms with Crippen molar-refractivity contribution in [3.63, 3.8) is 0 Å². The van der Waals surface area contributed by atoms with E-state index in [0.717, 1.165) is 57.8 Å². The highest BCUT2D eigenvalue weighted by atomic mass is 31.2. The van der Waals surface area contributed by atoms with Crippen LogP contribution in [0.15, 0.2) is 36.5 Å². The van der Waals surface area contributed by atoms with Gasteiger partial charge in [-0.1, -0.05) is 147 Å². The third-order valence-electron chi connectivity index (χ3n) is 7.91. The van der Waals surface area contributed by atoms with Crippen molar-refractivity contribution in [1.29, 1.82) is 0 Å². The van der Waals surface area contributed by atoms with Gasteiger partial charge >= 0.3 is 19.8 Å². The van der Waals surface area contributed by atoms with Crippen LogP contribution in [0.2, 0.25) is 0 Å². The number of ether oxygens (including phenoxy) is 2. The second-order valence-corrected chi connectivity index (χ2v) is 13.8. The Balaban J connectivity index is 4.00. The second-order valence-electron chi connectivity index (χ2n) is 12.6. The molecule has 0 aliphatic heterocycles. The number of unbranched alkanes of at least 4 members (excludes halogenated alkanes) is 18. The number of esters is 2. The maximum atomic E-state index is 12.3. The summed E-state index contributed by atoms with van der Waals surface area (Å²) in [5.74, 6) is -0.909. The van der Waals surface area contributed by atoms with Gasteiger partial charge in [-0.2, -0.15) is 0 Å². The molecule has 8 nitrogen and oxygen atoms in total. The lowest BCUT2D eigenvalue weighted by Crippen LogP contribution is -2.29. The predicted octanol–water partition coefficient (Wildman–Crippen LogP) is 11.0. The van der Waals surface area contributed by atoms with Crippen LogP contribution >= 0.6 is 7.82 Å². The number of rotatable bonds is 34. The number of carbonyl (C=O) groups is 2. The van der Waals surface area contributed by atoms with E-state index in [-0.39, 0.29) is 19.4 Å². The third-order valence-corrected chi connectivity index (χ3v) is 8.40. The number of allylic oxidation sites excluding steroid dienone is 6. The SMILES string of the molecule is CCCCC/C=C\C/C=C\C/C=C\CCCCCCC(=O)OC[C@H](COP(=O)(O)O)OC(=O)CCCCCCCCCCCCCC. The van der Waals surface area contributed by atoms with Crippen LogP contribution < -0.4 is 0 Å². The molecule has 0 aromatic carbocycles. The second kappa shape index (κ2) is 34.1. The van der Waals surface area contributed by atoms with E-state index in [1.54, 1.807) is 0 Å². The van der Waals surface area contributed by atoms with Gasteiger partial charge in [-0.25, -0.2) is 4.57 Å². The van der Waals surface area contributed by atoms with E-state index in [0.29, 0.717) is 12.8 Å². The monoisotopic (exact) mass is 684 g/mol. The zero-order valence-electron chi connectivity index (χ0n) is 29.9. The van der Waals surface area contributed by atoms with Crippen LogP contribution in [0.3, 0.4) is 0 Å². The summed E-state index contributed by atoms with van der Waals surface area (Å²) >= 11 is 0. The Morgan fingerprint density at radius 3 is 1.47 bits per heavy atom. The lowest BCUT2D eigenvalue weighted by atomic mass is 10.0. The summed E-state index contributed by atoms with van der Waals surface area (Å²) < 4.78 is 26.3. The predicted molar refractivity (Wildman–Crippen MR) is 193 cm³/mol. The van der Waals surface area contributed by atoms with Gasteiger partial charge in [0.15, 0.2) is 6.10 Å². The molecule has 9 heteroatoms. The Labute approximate surface area is 287 Å². The molecule has 0 rings (SSSR count). The fourth-order valence-electron chi connectivity index (χ4n) is 5.08. The van der Waals surface area contributed by atoms with Crippen molar-refractivity contribution < 1.29 is 37.9 Å². The quantitative estimate of drug-likeness (QED) is 0.0297. The Morgan fingerprint density at radius 2 is 0.957 bits per heavy atom. The Morgan fingerprint density at radius 1 is 0.553 bits per heavy atom. The Hall–Kier alpha value is -1.73. The molecule has 0 spiro atoms. The summed E-state index contributed by atoms with van der Waals surface area (Å²) in [6.07, 6.45) is 38.6. The topological polar surface area (TPSA) is 119 Å². The molecule has 274 valence electrons. The van der Waals surface area contributed by atoms with Gasteiger partial charge < -0.3 is 19.3 Å². The van der Waals surface area contributed by atoms with Crippen molar-refractivity contribution >= 4 is 19.8 Å². The molecule has 0 aliphatic carbocycles. The van der Waals surface area contributed by atoms with E-state index in [2.05, 4.69) is 54.8 Å². The van der Waals surface area contributed by atoms with Gasteiger partial charge in [0.05, 0.1) is 6.61 Å². The van der Waals surface area contributed by atoms with E-state index in [1.807, 2.05) is 0 Å². The molecule has 0 amide bonds. The van der Waals surface area contributed by atoms with Crippen LogP contribution in [0, 0.1) is 0 Å². The van der Waals surface area contributed by atoms with Crippen LogP contribution in [0.4, 0.5) is 0 Å². The fourth-order valence-corrected chi connectivity index (χ4v) is 5.45. The molecule has 47 heavy (non-hydrogen) atoms. The summed E-state index contributed by atoms with van der Waals surface area (Å²) in [6.45, 7) is 3.62. The molecule has 0 heterocycles. The largest absolute Gasteiger partial charge is 0.469 e. The Kier molecular flexibility index (Phi) is 32.9. The van der Waals surface area contributed by atoms with Crippen LogP contribution in [-0.2, 0) is 28.2 Å². The highest BCUT2D eigenvalue weighted by molar-refractivity contribution is 7.46. The normalized spacial score (nSPS) is 12.9. The smallest absolute Gasteiger partial charge is 0.462 e. The molecule has 2 N–H and O–H groups in total. The van der Waals surface area contributed by atoms with Gasteiger partial charge in [-0.05, 0) is 51.4 Å². The molecule has 0 fully saturated rings. The average molecular weight is 685 g/mol. The van der Waals surface area contributed by atoms with Gasteiger partial charge in [0.1, 0.15) is 6.61 Å². The number of hydrogen-bond donors (Lipinski definition) is 2. The summed E-state index contributed by atoms with van der Waals surface area (Å²) in [5.41, 5.74) is 0. The molecular weight excluding hydrogens is 615 g/mol. The molecule has 0 saturated carbocycles. The first kappa shape index (κ1) is 45.3. The minimum Gasteiger partial charge on any atom is -0.462 e. The first-order valence-corrected chi connectivity index (χ1v) is 20.3. The summed E-state index contributed by atoms with van der Waals surface area (Å²) in [4.78, 5) is 42.6. The number of phosphoric ester groups is 1. The van der Waals surface area contributed by atoms with Crippen molar-refractivity contribution in [1.82, 2.24) is 0 Å². The lowest BCUT2D eigenvalue weighted by molar-refractivity contribution is -0.161. The number of carbonyl (C=O) groups excluding carboxylic acids is 2. The van der Waals surface area contributed by atoms with Gasteiger partial charge in [-0.15, -0.1) is 0 Å². The third kappa shape index (κ3) is 36.9.